The molecule has 29 heavy (non-hydrogen) atoms. The van der Waals surface area contributed by atoms with Crippen LogP contribution in [0, 0.1) is 17.2 Å². The monoisotopic (exact) mass is 415 g/mol. The molecule has 1 N–H and O–H groups in total. The number of hydrogen-bond acceptors (Lipinski definition) is 7. The zero-order valence-electron chi connectivity index (χ0n) is 17.0. The summed E-state index contributed by atoms with van der Waals surface area (Å²) in [7, 11) is 0. The molecule has 1 aromatic heterocycles. The number of hydrogen-bond donors (Lipinski definition) is 1. The van der Waals surface area contributed by atoms with Crippen molar-refractivity contribution < 1.29 is 14.3 Å². The predicted octanol–water partition coefficient (Wildman–Crippen LogP) is 2.65. The molecule has 0 aliphatic carbocycles. The highest BCUT2D eigenvalue weighted by atomic mass is 32.2. The van der Waals surface area contributed by atoms with Crippen LogP contribution in [0.2, 0.25) is 0 Å². The lowest BCUT2D eigenvalue weighted by molar-refractivity contribution is -0.146. The molecule has 0 radical (unpaired) electrons. The number of rotatable bonds is 9. The van der Waals surface area contributed by atoms with Crippen molar-refractivity contribution in [3.8, 4) is 17.5 Å². The predicted molar refractivity (Wildman–Crippen MR) is 110 cm³/mol. The van der Waals surface area contributed by atoms with Crippen molar-refractivity contribution >= 4 is 23.6 Å². The van der Waals surface area contributed by atoms with Gasteiger partial charge in [-0.1, -0.05) is 55.9 Å². The Hall–Kier alpha value is -2.86. The minimum Gasteiger partial charge on any atom is -0.455 e. The molecule has 1 aromatic carbocycles. The van der Waals surface area contributed by atoms with Crippen molar-refractivity contribution in [2.75, 3.05) is 12.4 Å². The minimum absolute atomic E-state index is 0.0000978. The molecule has 1 atom stereocenters. The Balaban J connectivity index is 1.89. The van der Waals surface area contributed by atoms with Gasteiger partial charge in [0.15, 0.2) is 17.6 Å². The van der Waals surface area contributed by atoms with Crippen molar-refractivity contribution in [1.29, 1.82) is 5.26 Å². The maximum absolute atomic E-state index is 12.0. The summed E-state index contributed by atoms with van der Waals surface area (Å²) in [6.07, 6.45) is 0. The first-order chi connectivity index (χ1) is 13.8. The van der Waals surface area contributed by atoms with E-state index >= 15 is 0 Å². The molecule has 1 heterocycles. The number of thioether (sulfide) groups is 1. The molecule has 0 saturated heterocycles. The molecule has 8 nitrogen and oxygen atoms in total. The number of amides is 1. The number of nitriles is 1. The first-order valence-electron chi connectivity index (χ1n) is 9.30. The molecule has 0 fully saturated rings. The number of ether oxygens (including phenoxy) is 1. The second-order valence-electron chi connectivity index (χ2n) is 6.88. The highest BCUT2D eigenvalue weighted by Crippen LogP contribution is 2.23. The highest BCUT2D eigenvalue weighted by Gasteiger charge is 2.30. The fourth-order valence-corrected chi connectivity index (χ4v) is 3.22. The maximum Gasteiger partial charge on any atom is 0.316 e. The van der Waals surface area contributed by atoms with Gasteiger partial charge >= 0.3 is 5.97 Å². The number of benzene rings is 1. The number of esters is 1. The van der Waals surface area contributed by atoms with Gasteiger partial charge in [-0.3, -0.25) is 9.59 Å². The molecule has 0 spiro atoms. The third kappa shape index (κ3) is 5.81. The van der Waals surface area contributed by atoms with Gasteiger partial charge < -0.3 is 14.6 Å². The van der Waals surface area contributed by atoms with Crippen LogP contribution in [0.4, 0.5) is 0 Å². The molecule has 2 aromatic rings. The second kappa shape index (κ2) is 10.1. The van der Waals surface area contributed by atoms with Crippen molar-refractivity contribution in [2.24, 2.45) is 5.92 Å². The van der Waals surface area contributed by atoms with Crippen molar-refractivity contribution in [3.05, 3.63) is 30.3 Å². The number of nitrogens with one attached hydrogen (secondary N) is 1. The molecule has 154 valence electrons. The lowest BCUT2D eigenvalue weighted by atomic mass is 9.90. The summed E-state index contributed by atoms with van der Waals surface area (Å²) in [5.74, 6) is -0.404. The van der Waals surface area contributed by atoms with Gasteiger partial charge in [-0.15, -0.1) is 10.2 Å². The third-order valence-electron chi connectivity index (χ3n) is 4.53. The van der Waals surface area contributed by atoms with Gasteiger partial charge in [0.25, 0.3) is 5.91 Å². The fourth-order valence-electron chi connectivity index (χ4n) is 2.42. The van der Waals surface area contributed by atoms with E-state index in [-0.39, 0.29) is 11.7 Å². The fraction of sp³-hybridized carbons (Fsp3) is 0.450. The van der Waals surface area contributed by atoms with Crippen LogP contribution in [-0.4, -0.2) is 44.5 Å². The molecule has 2 rings (SSSR count). The first kappa shape index (κ1) is 22.4. The zero-order valence-corrected chi connectivity index (χ0v) is 17.8. The summed E-state index contributed by atoms with van der Waals surface area (Å²) >= 11 is 1.20. The van der Waals surface area contributed by atoms with E-state index in [1.807, 2.05) is 55.7 Å². The number of aromatic nitrogens is 3. The average Bonchev–Trinajstić information content (AvgIpc) is 3.14. The third-order valence-corrected chi connectivity index (χ3v) is 5.47. The summed E-state index contributed by atoms with van der Waals surface area (Å²) < 4.78 is 6.94. The van der Waals surface area contributed by atoms with E-state index < -0.39 is 24.0 Å². The van der Waals surface area contributed by atoms with Gasteiger partial charge in [0.1, 0.15) is 5.54 Å². The Kier molecular flexibility index (Phi) is 7.79. The number of nitrogens with zero attached hydrogens (tertiary/aromatic N) is 4. The van der Waals surface area contributed by atoms with Crippen molar-refractivity contribution in [1.82, 2.24) is 20.1 Å². The second-order valence-corrected chi connectivity index (χ2v) is 7.83. The van der Waals surface area contributed by atoms with Crippen LogP contribution < -0.4 is 5.32 Å². The SMILES string of the molecule is CCn1c(SCC(=O)OCC(=O)N[C@@](C)(C#N)C(C)C)nnc1-c1ccccc1. The Morgan fingerprint density at radius 1 is 1.31 bits per heavy atom. The quantitative estimate of drug-likeness (QED) is 0.495. The van der Waals surface area contributed by atoms with E-state index in [1.54, 1.807) is 6.92 Å². The van der Waals surface area contributed by atoms with Gasteiger partial charge in [0.2, 0.25) is 0 Å². The van der Waals surface area contributed by atoms with E-state index in [0.29, 0.717) is 11.7 Å². The van der Waals surface area contributed by atoms with Crippen LogP contribution in [0.25, 0.3) is 11.4 Å². The number of carbonyl (C=O) groups is 2. The summed E-state index contributed by atoms with van der Waals surface area (Å²) in [4.78, 5) is 24.0. The molecule has 0 unspecified atom stereocenters. The standard InChI is InChI=1S/C20H25N5O3S/c1-5-25-18(15-9-7-6-8-10-15)23-24-19(25)29-12-17(27)28-11-16(26)22-20(4,13-21)14(2)3/h6-10,14H,5,11-12H2,1-4H3,(H,22,26)/t20-/m0/s1. The Labute approximate surface area is 174 Å². The van der Waals surface area contributed by atoms with E-state index in [1.165, 1.54) is 11.8 Å². The average molecular weight is 416 g/mol. The lowest BCUT2D eigenvalue weighted by Crippen LogP contribution is -2.50. The molecule has 0 aliphatic heterocycles. The molecular formula is C20H25N5O3S. The summed E-state index contributed by atoms with van der Waals surface area (Å²) in [6.45, 7) is 7.50. The Morgan fingerprint density at radius 3 is 2.59 bits per heavy atom. The topological polar surface area (TPSA) is 110 Å². The summed E-state index contributed by atoms with van der Waals surface area (Å²) in [6, 6.07) is 11.8. The zero-order chi connectivity index (χ0) is 21.4. The normalized spacial score (nSPS) is 12.8. The van der Waals surface area contributed by atoms with Crippen molar-refractivity contribution in [2.45, 2.75) is 44.9 Å². The van der Waals surface area contributed by atoms with Crippen LogP contribution in [0.1, 0.15) is 27.7 Å². The molecular weight excluding hydrogens is 390 g/mol. The first-order valence-corrected chi connectivity index (χ1v) is 10.3. The lowest BCUT2D eigenvalue weighted by Gasteiger charge is -2.27. The summed E-state index contributed by atoms with van der Waals surface area (Å²) in [5.41, 5.74) is -0.0671. The molecule has 0 aliphatic rings. The van der Waals surface area contributed by atoms with Crippen molar-refractivity contribution in [3.63, 3.8) is 0 Å². The Morgan fingerprint density at radius 2 is 2.00 bits per heavy atom. The molecule has 1 amide bonds. The summed E-state index contributed by atoms with van der Waals surface area (Å²) in [5, 5.41) is 20.8. The van der Waals surface area contributed by atoms with Crippen LogP contribution in [-0.2, 0) is 20.9 Å². The molecule has 0 bridgehead atoms. The van der Waals surface area contributed by atoms with Gasteiger partial charge in [0, 0.05) is 12.1 Å². The number of carbonyl (C=O) groups excluding carboxylic acids is 2. The van der Waals surface area contributed by atoms with Crippen LogP contribution >= 0.6 is 11.8 Å². The van der Waals surface area contributed by atoms with Gasteiger partial charge in [-0.05, 0) is 19.8 Å². The van der Waals surface area contributed by atoms with Crippen LogP contribution in [0.5, 0.6) is 0 Å². The van der Waals surface area contributed by atoms with Crippen LogP contribution in [0.3, 0.4) is 0 Å². The van der Waals surface area contributed by atoms with Gasteiger partial charge in [0.05, 0.1) is 11.8 Å². The van der Waals surface area contributed by atoms with Gasteiger partial charge in [-0.2, -0.15) is 5.26 Å². The smallest absolute Gasteiger partial charge is 0.316 e. The van der Waals surface area contributed by atoms with E-state index in [0.717, 1.165) is 11.4 Å². The largest absolute Gasteiger partial charge is 0.455 e. The molecule has 9 heteroatoms. The van der Waals surface area contributed by atoms with Gasteiger partial charge in [-0.25, -0.2) is 0 Å². The van der Waals surface area contributed by atoms with E-state index in [2.05, 4.69) is 21.6 Å². The highest BCUT2D eigenvalue weighted by molar-refractivity contribution is 7.99. The Bertz CT molecular complexity index is 891. The maximum atomic E-state index is 12.0. The van der Waals surface area contributed by atoms with Crippen LogP contribution in [0.15, 0.2) is 35.5 Å². The van der Waals surface area contributed by atoms with E-state index in [9.17, 15) is 14.9 Å². The molecule has 0 saturated carbocycles. The van der Waals surface area contributed by atoms with E-state index in [4.69, 9.17) is 4.74 Å². The minimum atomic E-state index is -1.01.